The van der Waals surface area contributed by atoms with Gasteiger partial charge >= 0.3 is 0 Å². The molecule has 2 fully saturated rings. The summed E-state index contributed by atoms with van der Waals surface area (Å²) in [4.78, 5) is 20.4. The van der Waals surface area contributed by atoms with Crippen molar-refractivity contribution in [2.75, 3.05) is 44.7 Å². The molecule has 0 spiro atoms. The maximum atomic E-state index is 13.7. The Balaban J connectivity index is 1.68. The van der Waals surface area contributed by atoms with Gasteiger partial charge in [-0.1, -0.05) is 30.3 Å². The number of piperazine rings is 1. The summed E-state index contributed by atoms with van der Waals surface area (Å²) in [6.45, 7) is 4.65. The summed E-state index contributed by atoms with van der Waals surface area (Å²) in [6, 6.07) is 16.8. The molecule has 0 N–H and O–H groups in total. The van der Waals surface area contributed by atoms with E-state index in [9.17, 15) is 4.79 Å². The van der Waals surface area contributed by atoms with Crippen LogP contribution in [0.15, 0.2) is 48.5 Å². The van der Waals surface area contributed by atoms with E-state index in [4.69, 9.17) is 0 Å². The van der Waals surface area contributed by atoms with Gasteiger partial charge < -0.3 is 14.7 Å². The molecular formula is C22H26IN3O. The molecule has 0 bridgehead atoms. The third-order valence-electron chi connectivity index (χ3n) is 5.67. The van der Waals surface area contributed by atoms with Crippen LogP contribution in [0.25, 0.3) is 0 Å². The van der Waals surface area contributed by atoms with Gasteiger partial charge in [-0.05, 0) is 66.2 Å². The summed E-state index contributed by atoms with van der Waals surface area (Å²) < 4.78 is 1.18. The highest BCUT2D eigenvalue weighted by Gasteiger charge is 2.32. The molecule has 2 saturated heterocycles. The highest BCUT2D eigenvalue weighted by Crippen LogP contribution is 2.32. The van der Waals surface area contributed by atoms with E-state index >= 15 is 0 Å². The summed E-state index contributed by atoms with van der Waals surface area (Å²) in [5, 5.41) is 0. The van der Waals surface area contributed by atoms with Gasteiger partial charge in [0.05, 0.1) is 17.3 Å². The van der Waals surface area contributed by atoms with Crippen LogP contribution in [-0.4, -0.2) is 55.5 Å². The minimum atomic E-state index is 0.100. The molecule has 5 heteroatoms. The van der Waals surface area contributed by atoms with Crippen LogP contribution < -0.4 is 4.90 Å². The Morgan fingerprint density at radius 3 is 2.48 bits per heavy atom. The van der Waals surface area contributed by atoms with Gasteiger partial charge in [-0.3, -0.25) is 4.79 Å². The molecule has 142 valence electrons. The van der Waals surface area contributed by atoms with Crippen LogP contribution >= 0.6 is 22.6 Å². The van der Waals surface area contributed by atoms with Crippen molar-refractivity contribution < 1.29 is 4.79 Å². The van der Waals surface area contributed by atoms with E-state index < -0.39 is 0 Å². The summed E-state index contributed by atoms with van der Waals surface area (Å²) in [7, 11) is 2.14. The van der Waals surface area contributed by atoms with Crippen LogP contribution in [0.2, 0.25) is 0 Å². The molecule has 0 aliphatic carbocycles. The average Bonchev–Trinajstić information content (AvgIpc) is 3.23. The Labute approximate surface area is 175 Å². The molecule has 27 heavy (non-hydrogen) atoms. The van der Waals surface area contributed by atoms with Gasteiger partial charge in [0.15, 0.2) is 0 Å². The fraction of sp³-hybridized carbons (Fsp3) is 0.409. The normalized spacial score (nSPS) is 20.9. The number of hydrogen-bond acceptors (Lipinski definition) is 3. The highest BCUT2D eigenvalue weighted by molar-refractivity contribution is 14.1. The molecule has 2 aliphatic heterocycles. The van der Waals surface area contributed by atoms with Crippen molar-refractivity contribution in [2.45, 2.75) is 18.9 Å². The summed E-state index contributed by atoms with van der Waals surface area (Å²) in [6.07, 6.45) is 2.42. The molecule has 2 heterocycles. The zero-order chi connectivity index (χ0) is 18.8. The monoisotopic (exact) mass is 475 g/mol. The highest BCUT2D eigenvalue weighted by atomic mass is 127. The van der Waals surface area contributed by atoms with Gasteiger partial charge in [-0.15, -0.1) is 0 Å². The van der Waals surface area contributed by atoms with Crippen LogP contribution in [0.1, 0.15) is 34.8 Å². The molecule has 2 aromatic rings. The average molecular weight is 475 g/mol. The van der Waals surface area contributed by atoms with Crippen molar-refractivity contribution in [3.8, 4) is 0 Å². The number of hydrogen-bond donors (Lipinski definition) is 0. The SMILES string of the molecule is CN1CCN(C(=O)c2ccc(I)cc2N2CCCC2)[C@@H](c2ccccc2)C1. The maximum absolute atomic E-state index is 13.7. The zero-order valence-electron chi connectivity index (χ0n) is 15.8. The Morgan fingerprint density at radius 1 is 1.00 bits per heavy atom. The molecule has 0 saturated carbocycles. The molecule has 2 aromatic carbocycles. The fourth-order valence-corrected chi connectivity index (χ4v) is 4.66. The van der Waals surface area contributed by atoms with Gasteiger partial charge in [-0.25, -0.2) is 0 Å². The van der Waals surface area contributed by atoms with Crippen LogP contribution in [-0.2, 0) is 0 Å². The van der Waals surface area contributed by atoms with Crippen LogP contribution in [0, 0.1) is 3.57 Å². The third-order valence-corrected chi connectivity index (χ3v) is 6.34. The minimum absolute atomic E-state index is 0.100. The largest absolute Gasteiger partial charge is 0.371 e. The van der Waals surface area contributed by atoms with Gasteiger partial charge in [0.2, 0.25) is 0 Å². The second-order valence-corrected chi connectivity index (χ2v) is 8.79. The number of carbonyl (C=O) groups is 1. The number of anilines is 1. The number of halogens is 1. The van der Waals surface area contributed by atoms with Gasteiger partial charge in [0.1, 0.15) is 0 Å². The first-order valence-corrected chi connectivity index (χ1v) is 10.8. The van der Waals surface area contributed by atoms with E-state index in [0.29, 0.717) is 0 Å². The number of nitrogens with zero attached hydrogens (tertiary/aromatic N) is 3. The Morgan fingerprint density at radius 2 is 1.74 bits per heavy atom. The van der Waals surface area contributed by atoms with Crippen molar-refractivity contribution >= 4 is 34.2 Å². The summed E-state index contributed by atoms with van der Waals surface area (Å²) >= 11 is 2.34. The Kier molecular flexibility index (Phi) is 5.68. The predicted molar refractivity (Wildman–Crippen MR) is 118 cm³/mol. The lowest BCUT2D eigenvalue weighted by Gasteiger charge is -2.41. The van der Waals surface area contributed by atoms with Crippen LogP contribution in [0.3, 0.4) is 0 Å². The summed E-state index contributed by atoms with van der Waals surface area (Å²) in [5.41, 5.74) is 3.17. The quantitative estimate of drug-likeness (QED) is 0.628. The molecule has 0 unspecified atom stereocenters. The second kappa shape index (κ2) is 8.19. The number of benzene rings is 2. The van der Waals surface area contributed by atoms with Crippen molar-refractivity contribution in [1.82, 2.24) is 9.80 Å². The predicted octanol–water partition coefficient (Wildman–Crippen LogP) is 4.02. The second-order valence-electron chi connectivity index (χ2n) is 7.54. The van der Waals surface area contributed by atoms with E-state index in [-0.39, 0.29) is 11.9 Å². The van der Waals surface area contributed by atoms with E-state index in [1.165, 1.54) is 22.0 Å². The first kappa shape index (κ1) is 18.7. The minimum Gasteiger partial charge on any atom is -0.371 e. The van der Waals surface area contributed by atoms with Crippen molar-refractivity contribution in [1.29, 1.82) is 0 Å². The third kappa shape index (κ3) is 3.99. The van der Waals surface area contributed by atoms with Gasteiger partial charge in [-0.2, -0.15) is 0 Å². The first-order valence-electron chi connectivity index (χ1n) is 9.72. The number of carbonyl (C=O) groups excluding carboxylic acids is 1. The standard InChI is InChI=1S/C22H26IN3O/c1-24-13-14-26(21(16-24)17-7-3-2-4-8-17)22(27)19-10-9-18(23)15-20(19)25-11-5-6-12-25/h2-4,7-10,15,21H,5-6,11-14,16H2,1H3/t21-/m1/s1. The number of rotatable bonds is 3. The maximum Gasteiger partial charge on any atom is 0.256 e. The van der Waals surface area contributed by atoms with E-state index in [1.807, 2.05) is 12.1 Å². The van der Waals surface area contributed by atoms with Crippen LogP contribution in [0.5, 0.6) is 0 Å². The molecule has 1 atom stereocenters. The molecule has 0 radical (unpaired) electrons. The lowest BCUT2D eigenvalue weighted by molar-refractivity contribution is 0.0498. The molecular weight excluding hydrogens is 449 g/mol. The number of amides is 1. The van der Waals surface area contributed by atoms with Gasteiger partial charge in [0.25, 0.3) is 5.91 Å². The summed E-state index contributed by atoms with van der Waals surface area (Å²) in [5.74, 6) is 0.162. The fourth-order valence-electron chi connectivity index (χ4n) is 4.18. The molecule has 4 nitrogen and oxygen atoms in total. The molecule has 2 aliphatic rings. The van der Waals surface area contributed by atoms with E-state index in [0.717, 1.165) is 44.0 Å². The Hall–Kier alpha value is -1.60. The van der Waals surface area contributed by atoms with Crippen molar-refractivity contribution in [3.05, 3.63) is 63.2 Å². The van der Waals surface area contributed by atoms with Crippen molar-refractivity contribution in [2.24, 2.45) is 0 Å². The smallest absolute Gasteiger partial charge is 0.256 e. The molecule has 1 amide bonds. The van der Waals surface area contributed by atoms with Crippen LogP contribution in [0.4, 0.5) is 5.69 Å². The van der Waals surface area contributed by atoms with Crippen molar-refractivity contribution in [3.63, 3.8) is 0 Å². The lowest BCUT2D eigenvalue weighted by Crippen LogP contribution is -2.49. The first-order chi connectivity index (χ1) is 13.1. The molecule has 0 aromatic heterocycles. The lowest BCUT2D eigenvalue weighted by atomic mass is 10.0. The van der Waals surface area contributed by atoms with Gasteiger partial charge in [0, 0.05) is 36.3 Å². The van der Waals surface area contributed by atoms with E-state index in [1.54, 1.807) is 0 Å². The molecule has 4 rings (SSSR count). The number of likely N-dealkylation sites (N-methyl/N-ethyl adjacent to an activating group) is 1. The topological polar surface area (TPSA) is 26.8 Å². The Bertz CT molecular complexity index is 804. The zero-order valence-corrected chi connectivity index (χ0v) is 17.9. The van der Waals surface area contributed by atoms with E-state index in [2.05, 4.69) is 80.7 Å².